The molecule has 1 aromatic carbocycles. The van der Waals surface area contributed by atoms with Crippen molar-refractivity contribution in [2.75, 3.05) is 18.1 Å². The fourth-order valence-electron chi connectivity index (χ4n) is 1.19. The molecule has 1 N–H and O–H groups in total. The SMILES string of the molecule is CSc1ccc(SC(=O)NCCC(Br)CBr)cc1. The topological polar surface area (TPSA) is 29.1 Å². The van der Waals surface area contributed by atoms with E-state index in [-0.39, 0.29) is 5.24 Å². The van der Waals surface area contributed by atoms with E-state index in [2.05, 4.69) is 37.2 Å². The molecule has 0 radical (unpaired) electrons. The number of carbonyl (C=O) groups is 1. The Kier molecular flexibility index (Phi) is 8.46. The van der Waals surface area contributed by atoms with Crippen molar-refractivity contribution in [2.45, 2.75) is 21.0 Å². The Morgan fingerprint density at radius 3 is 2.50 bits per heavy atom. The van der Waals surface area contributed by atoms with E-state index in [1.807, 2.05) is 30.5 Å². The highest BCUT2D eigenvalue weighted by Gasteiger charge is 2.06. The largest absolute Gasteiger partial charge is 0.347 e. The number of hydrogen-bond donors (Lipinski definition) is 1. The highest BCUT2D eigenvalue weighted by atomic mass is 79.9. The van der Waals surface area contributed by atoms with E-state index in [1.165, 1.54) is 16.7 Å². The van der Waals surface area contributed by atoms with E-state index < -0.39 is 0 Å². The third-order valence-electron chi connectivity index (χ3n) is 2.16. The Labute approximate surface area is 133 Å². The van der Waals surface area contributed by atoms with Crippen molar-refractivity contribution in [2.24, 2.45) is 0 Å². The molecule has 100 valence electrons. The molecule has 0 fully saturated rings. The molecule has 18 heavy (non-hydrogen) atoms. The van der Waals surface area contributed by atoms with Crippen LogP contribution < -0.4 is 5.32 Å². The number of alkyl halides is 2. The lowest BCUT2D eigenvalue weighted by Gasteiger charge is -2.07. The van der Waals surface area contributed by atoms with Crippen LogP contribution in [0.25, 0.3) is 0 Å². The third kappa shape index (κ3) is 6.50. The molecule has 1 atom stereocenters. The van der Waals surface area contributed by atoms with Gasteiger partial charge in [-0.15, -0.1) is 11.8 Å². The maximum Gasteiger partial charge on any atom is 0.283 e. The Hall–Kier alpha value is 0.350. The highest BCUT2D eigenvalue weighted by Crippen LogP contribution is 2.22. The van der Waals surface area contributed by atoms with Gasteiger partial charge in [-0.1, -0.05) is 31.9 Å². The van der Waals surface area contributed by atoms with Crippen molar-refractivity contribution < 1.29 is 4.79 Å². The summed E-state index contributed by atoms with van der Waals surface area (Å²) in [4.78, 5) is 14.2. The summed E-state index contributed by atoms with van der Waals surface area (Å²) in [6, 6.07) is 8.00. The molecule has 0 saturated heterocycles. The summed E-state index contributed by atoms with van der Waals surface area (Å²) in [5.41, 5.74) is 0. The summed E-state index contributed by atoms with van der Waals surface area (Å²) >= 11 is 9.82. The van der Waals surface area contributed by atoms with E-state index in [0.29, 0.717) is 11.4 Å². The Balaban J connectivity index is 2.30. The number of carbonyl (C=O) groups excluding carboxylic acids is 1. The first-order valence-electron chi connectivity index (χ1n) is 5.45. The fraction of sp³-hybridized carbons (Fsp3) is 0.417. The van der Waals surface area contributed by atoms with Crippen LogP contribution in [0, 0.1) is 0 Å². The number of hydrogen-bond acceptors (Lipinski definition) is 3. The van der Waals surface area contributed by atoms with Gasteiger partial charge in [0, 0.05) is 26.5 Å². The minimum atomic E-state index is 0.00109. The second kappa shape index (κ2) is 9.28. The summed E-state index contributed by atoms with van der Waals surface area (Å²) in [7, 11) is 0. The summed E-state index contributed by atoms with van der Waals surface area (Å²) < 4.78 is 0. The van der Waals surface area contributed by atoms with Gasteiger partial charge < -0.3 is 5.32 Å². The molecule has 2 nitrogen and oxygen atoms in total. The zero-order valence-corrected chi connectivity index (χ0v) is 14.8. The van der Waals surface area contributed by atoms with E-state index in [9.17, 15) is 4.79 Å². The molecule has 1 unspecified atom stereocenters. The number of benzene rings is 1. The maximum absolute atomic E-state index is 11.7. The van der Waals surface area contributed by atoms with Gasteiger partial charge in [0.2, 0.25) is 0 Å². The van der Waals surface area contributed by atoms with Gasteiger partial charge in [-0.25, -0.2) is 0 Å². The van der Waals surface area contributed by atoms with Crippen LogP contribution in [0.15, 0.2) is 34.1 Å². The Morgan fingerprint density at radius 2 is 1.94 bits per heavy atom. The molecule has 1 aromatic rings. The number of nitrogens with one attached hydrogen (secondary N) is 1. The molecule has 1 amide bonds. The van der Waals surface area contributed by atoms with Gasteiger partial charge in [-0.2, -0.15) is 0 Å². The quantitative estimate of drug-likeness (QED) is 0.539. The fourth-order valence-corrected chi connectivity index (χ4v) is 2.82. The molecule has 1 rings (SSSR count). The first-order valence-corrected chi connectivity index (χ1v) is 9.53. The molecular formula is C12H15Br2NOS2. The van der Waals surface area contributed by atoms with Crippen LogP contribution in [-0.4, -0.2) is 28.2 Å². The molecule has 0 heterocycles. The average Bonchev–Trinajstić information content (AvgIpc) is 2.39. The van der Waals surface area contributed by atoms with Crippen molar-refractivity contribution in [3.05, 3.63) is 24.3 Å². The van der Waals surface area contributed by atoms with Crippen molar-refractivity contribution in [1.29, 1.82) is 0 Å². The number of halogens is 2. The zero-order chi connectivity index (χ0) is 13.4. The summed E-state index contributed by atoms with van der Waals surface area (Å²) in [6.07, 6.45) is 2.96. The zero-order valence-electron chi connectivity index (χ0n) is 9.99. The molecule has 0 aliphatic heterocycles. The third-order valence-corrected chi connectivity index (χ3v) is 6.18. The van der Waals surface area contributed by atoms with Gasteiger partial charge in [0.1, 0.15) is 0 Å². The number of thioether (sulfide) groups is 2. The lowest BCUT2D eigenvalue weighted by Crippen LogP contribution is -2.22. The van der Waals surface area contributed by atoms with Crippen molar-refractivity contribution >= 4 is 60.6 Å². The summed E-state index contributed by atoms with van der Waals surface area (Å²) in [5, 5.41) is 3.79. The average molecular weight is 413 g/mol. The molecular weight excluding hydrogens is 398 g/mol. The second-order valence-electron chi connectivity index (χ2n) is 3.53. The highest BCUT2D eigenvalue weighted by molar-refractivity contribution is 9.12. The monoisotopic (exact) mass is 411 g/mol. The first-order chi connectivity index (χ1) is 8.65. The van der Waals surface area contributed by atoms with E-state index in [4.69, 9.17) is 0 Å². The molecule has 0 spiro atoms. The summed E-state index contributed by atoms with van der Waals surface area (Å²) in [5.74, 6) is 0. The van der Waals surface area contributed by atoms with Crippen molar-refractivity contribution in [3.8, 4) is 0 Å². The number of rotatable bonds is 6. The standard InChI is InChI=1S/C12H15Br2NOS2/c1-17-10-2-4-11(5-3-10)18-12(16)15-7-6-9(14)8-13/h2-5,9H,6-8H2,1H3,(H,15,16). The van der Waals surface area contributed by atoms with Gasteiger partial charge in [-0.05, 0) is 48.7 Å². The lowest BCUT2D eigenvalue weighted by molar-refractivity contribution is 0.260. The Morgan fingerprint density at radius 1 is 1.33 bits per heavy atom. The second-order valence-corrected chi connectivity index (χ2v) is 7.40. The van der Waals surface area contributed by atoms with Crippen LogP contribution in [0.5, 0.6) is 0 Å². The first kappa shape index (κ1) is 16.4. The van der Waals surface area contributed by atoms with Gasteiger partial charge in [0.15, 0.2) is 0 Å². The molecule has 0 aliphatic carbocycles. The minimum Gasteiger partial charge on any atom is -0.347 e. The maximum atomic E-state index is 11.7. The van der Waals surface area contributed by atoms with Crippen LogP contribution in [0.2, 0.25) is 0 Å². The van der Waals surface area contributed by atoms with Crippen LogP contribution in [0.3, 0.4) is 0 Å². The molecule has 0 aliphatic rings. The normalized spacial score (nSPS) is 12.2. The number of amides is 1. The molecule has 0 aromatic heterocycles. The minimum absolute atomic E-state index is 0.00109. The van der Waals surface area contributed by atoms with Crippen LogP contribution in [0.4, 0.5) is 4.79 Å². The van der Waals surface area contributed by atoms with Crippen LogP contribution in [0.1, 0.15) is 6.42 Å². The van der Waals surface area contributed by atoms with Gasteiger partial charge in [-0.3, -0.25) is 4.79 Å². The lowest BCUT2D eigenvalue weighted by atomic mass is 10.3. The van der Waals surface area contributed by atoms with E-state index >= 15 is 0 Å². The van der Waals surface area contributed by atoms with Gasteiger partial charge in [0.25, 0.3) is 5.24 Å². The van der Waals surface area contributed by atoms with E-state index in [1.54, 1.807) is 11.8 Å². The van der Waals surface area contributed by atoms with Crippen molar-refractivity contribution in [1.82, 2.24) is 5.32 Å². The Bertz CT molecular complexity index is 373. The predicted molar refractivity (Wildman–Crippen MR) is 88.6 cm³/mol. The van der Waals surface area contributed by atoms with Gasteiger partial charge in [0.05, 0.1) is 0 Å². The molecule has 0 bridgehead atoms. The molecule has 6 heteroatoms. The van der Waals surface area contributed by atoms with Gasteiger partial charge >= 0.3 is 0 Å². The van der Waals surface area contributed by atoms with Crippen LogP contribution in [-0.2, 0) is 0 Å². The summed E-state index contributed by atoms with van der Waals surface area (Å²) in [6.45, 7) is 0.691. The molecule has 0 saturated carbocycles. The smallest absolute Gasteiger partial charge is 0.283 e. The van der Waals surface area contributed by atoms with Crippen molar-refractivity contribution in [3.63, 3.8) is 0 Å². The van der Waals surface area contributed by atoms with Crippen LogP contribution >= 0.6 is 55.4 Å². The van der Waals surface area contributed by atoms with E-state index in [0.717, 1.165) is 16.6 Å². The predicted octanol–water partition coefficient (Wildman–Crippen LogP) is 4.76.